The first-order valence-corrected chi connectivity index (χ1v) is 5.70. The van der Waals surface area contributed by atoms with Gasteiger partial charge in [0, 0.05) is 18.5 Å². The van der Waals surface area contributed by atoms with Gasteiger partial charge in [-0.1, -0.05) is 27.7 Å². The summed E-state index contributed by atoms with van der Waals surface area (Å²) in [5.74, 6) is 0.362. The van der Waals surface area contributed by atoms with Crippen LogP contribution in [0.5, 0.6) is 0 Å². The normalized spacial score (nSPS) is 23.1. The molecule has 0 aromatic carbocycles. The number of hydrogen-bond acceptors (Lipinski definition) is 2. The molecule has 4 heteroatoms. The molecule has 1 unspecified atom stereocenters. The third-order valence-electron chi connectivity index (χ3n) is 4.36. The molecular formula is C12H25ClN2O. The first kappa shape index (κ1) is 15.7. The van der Waals surface area contributed by atoms with E-state index in [4.69, 9.17) is 0 Å². The standard InChI is InChI=1S/C12H24N2O.ClH/c1-8(13-6)7-14-10(15)9-11(2,3)12(9,4)5;/h8-9,13H,7H2,1-6H3,(H,14,15);1H. The van der Waals surface area contributed by atoms with Crippen molar-refractivity contribution in [3.8, 4) is 0 Å². The van der Waals surface area contributed by atoms with Crippen molar-refractivity contribution in [2.45, 2.75) is 40.7 Å². The molecule has 0 heterocycles. The van der Waals surface area contributed by atoms with Crippen molar-refractivity contribution in [1.29, 1.82) is 0 Å². The van der Waals surface area contributed by atoms with E-state index in [-0.39, 0.29) is 35.1 Å². The highest BCUT2D eigenvalue weighted by Gasteiger charge is 2.68. The van der Waals surface area contributed by atoms with E-state index < -0.39 is 0 Å². The zero-order chi connectivity index (χ0) is 11.9. The average Bonchev–Trinajstić information content (AvgIpc) is 2.53. The molecule has 0 aromatic rings. The first-order valence-electron chi connectivity index (χ1n) is 5.70. The van der Waals surface area contributed by atoms with Crippen molar-refractivity contribution >= 4 is 18.3 Å². The Morgan fingerprint density at radius 2 is 1.69 bits per heavy atom. The fourth-order valence-electron chi connectivity index (χ4n) is 2.31. The number of carbonyl (C=O) groups excluding carboxylic acids is 1. The van der Waals surface area contributed by atoms with Gasteiger partial charge in [0.15, 0.2) is 0 Å². The second-order valence-electron chi connectivity index (χ2n) is 5.81. The molecular weight excluding hydrogens is 224 g/mol. The highest BCUT2D eigenvalue weighted by molar-refractivity contribution is 5.85. The Morgan fingerprint density at radius 1 is 1.25 bits per heavy atom. The van der Waals surface area contributed by atoms with Crippen LogP contribution in [0.3, 0.4) is 0 Å². The third-order valence-corrected chi connectivity index (χ3v) is 4.36. The minimum atomic E-state index is 0. The van der Waals surface area contributed by atoms with Crippen LogP contribution in [0.1, 0.15) is 34.6 Å². The summed E-state index contributed by atoms with van der Waals surface area (Å²) >= 11 is 0. The quantitative estimate of drug-likeness (QED) is 0.797. The molecule has 0 aromatic heterocycles. The molecule has 0 radical (unpaired) electrons. The van der Waals surface area contributed by atoms with Crippen molar-refractivity contribution in [1.82, 2.24) is 10.6 Å². The van der Waals surface area contributed by atoms with Gasteiger partial charge in [0.2, 0.25) is 5.91 Å². The van der Waals surface area contributed by atoms with Crippen molar-refractivity contribution < 1.29 is 4.79 Å². The highest BCUT2D eigenvalue weighted by atomic mass is 35.5. The number of nitrogens with one attached hydrogen (secondary N) is 2. The van der Waals surface area contributed by atoms with Crippen molar-refractivity contribution in [3.63, 3.8) is 0 Å². The minimum absolute atomic E-state index is 0. The topological polar surface area (TPSA) is 41.1 Å². The molecule has 2 N–H and O–H groups in total. The second-order valence-corrected chi connectivity index (χ2v) is 5.81. The van der Waals surface area contributed by atoms with Crippen molar-refractivity contribution in [2.24, 2.45) is 16.7 Å². The van der Waals surface area contributed by atoms with Crippen LogP contribution in [-0.2, 0) is 4.79 Å². The van der Waals surface area contributed by atoms with E-state index in [1.807, 2.05) is 7.05 Å². The van der Waals surface area contributed by atoms with E-state index in [0.29, 0.717) is 12.6 Å². The fourth-order valence-corrected chi connectivity index (χ4v) is 2.31. The number of halogens is 1. The summed E-state index contributed by atoms with van der Waals surface area (Å²) in [6, 6.07) is 0.332. The van der Waals surface area contributed by atoms with E-state index in [9.17, 15) is 4.79 Å². The Bertz CT molecular complexity index is 250. The van der Waals surface area contributed by atoms with Crippen LogP contribution in [0.4, 0.5) is 0 Å². The summed E-state index contributed by atoms with van der Waals surface area (Å²) in [5.41, 5.74) is 0.278. The van der Waals surface area contributed by atoms with Crippen molar-refractivity contribution in [3.05, 3.63) is 0 Å². The fraction of sp³-hybridized carbons (Fsp3) is 0.917. The summed E-state index contributed by atoms with van der Waals surface area (Å²) < 4.78 is 0. The predicted octanol–water partition coefficient (Wildman–Crippen LogP) is 1.81. The maximum Gasteiger partial charge on any atom is 0.224 e. The van der Waals surface area contributed by atoms with E-state index in [1.165, 1.54) is 0 Å². The number of hydrogen-bond donors (Lipinski definition) is 2. The van der Waals surface area contributed by atoms with E-state index >= 15 is 0 Å². The van der Waals surface area contributed by atoms with Crippen LogP contribution in [-0.4, -0.2) is 25.5 Å². The van der Waals surface area contributed by atoms with Crippen LogP contribution < -0.4 is 10.6 Å². The first-order chi connectivity index (χ1) is 6.75. The van der Waals surface area contributed by atoms with Gasteiger partial charge >= 0.3 is 0 Å². The van der Waals surface area contributed by atoms with Gasteiger partial charge in [-0.3, -0.25) is 4.79 Å². The molecule has 1 aliphatic carbocycles. The van der Waals surface area contributed by atoms with E-state index in [0.717, 1.165) is 0 Å². The molecule has 0 aliphatic heterocycles. The predicted molar refractivity (Wildman–Crippen MR) is 69.8 cm³/mol. The van der Waals surface area contributed by atoms with Gasteiger partial charge in [0.05, 0.1) is 0 Å². The van der Waals surface area contributed by atoms with Crippen LogP contribution in [0.15, 0.2) is 0 Å². The Hall–Kier alpha value is -0.280. The smallest absolute Gasteiger partial charge is 0.224 e. The molecule has 16 heavy (non-hydrogen) atoms. The Kier molecular flexibility index (Phi) is 4.84. The zero-order valence-corrected chi connectivity index (χ0v) is 12.0. The molecule has 96 valence electrons. The monoisotopic (exact) mass is 248 g/mol. The molecule has 0 bridgehead atoms. The number of amides is 1. The van der Waals surface area contributed by atoms with Crippen LogP contribution in [0, 0.1) is 16.7 Å². The maximum atomic E-state index is 11.9. The summed E-state index contributed by atoms with van der Waals surface area (Å²) in [6.07, 6.45) is 0. The molecule has 1 fully saturated rings. The van der Waals surface area contributed by atoms with Gasteiger partial charge in [0.1, 0.15) is 0 Å². The molecule has 3 nitrogen and oxygen atoms in total. The Labute approximate surface area is 105 Å². The number of carbonyl (C=O) groups is 1. The SMILES string of the molecule is CNC(C)CNC(=O)C1C(C)(C)C1(C)C.Cl. The van der Waals surface area contributed by atoms with E-state index in [2.05, 4.69) is 45.3 Å². The summed E-state index contributed by atoms with van der Waals surface area (Å²) in [4.78, 5) is 11.9. The van der Waals surface area contributed by atoms with Gasteiger partial charge in [-0.05, 0) is 24.8 Å². The summed E-state index contributed by atoms with van der Waals surface area (Å²) in [6.45, 7) is 11.4. The van der Waals surface area contributed by atoms with Crippen LogP contribution in [0.2, 0.25) is 0 Å². The molecule has 0 saturated heterocycles. The lowest BCUT2D eigenvalue weighted by atomic mass is 10.0. The molecule has 1 rings (SSSR count). The maximum absolute atomic E-state index is 11.9. The van der Waals surface area contributed by atoms with Crippen molar-refractivity contribution in [2.75, 3.05) is 13.6 Å². The molecule has 1 amide bonds. The number of likely N-dealkylation sites (N-methyl/N-ethyl adjacent to an activating group) is 1. The van der Waals surface area contributed by atoms with E-state index in [1.54, 1.807) is 0 Å². The largest absolute Gasteiger partial charge is 0.354 e. The lowest BCUT2D eigenvalue weighted by molar-refractivity contribution is -0.123. The molecule has 1 saturated carbocycles. The van der Waals surface area contributed by atoms with Crippen LogP contribution >= 0.6 is 12.4 Å². The van der Waals surface area contributed by atoms with Gasteiger partial charge in [-0.2, -0.15) is 0 Å². The summed E-state index contributed by atoms with van der Waals surface area (Å²) in [5, 5.41) is 6.11. The van der Waals surface area contributed by atoms with Gasteiger partial charge in [-0.15, -0.1) is 12.4 Å². The van der Waals surface area contributed by atoms with Gasteiger partial charge < -0.3 is 10.6 Å². The van der Waals surface area contributed by atoms with Gasteiger partial charge in [0.25, 0.3) is 0 Å². The second kappa shape index (κ2) is 4.92. The van der Waals surface area contributed by atoms with Crippen LogP contribution in [0.25, 0.3) is 0 Å². The lowest BCUT2D eigenvalue weighted by Crippen LogP contribution is -2.38. The third kappa shape index (κ3) is 2.51. The highest BCUT2D eigenvalue weighted by Crippen LogP contribution is 2.68. The lowest BCUT2D eigenvalue weighted by Gasteiger charge is -2.12. The average molecular weight is 249 g/mol. The molecule has 1 atom stereocenters. The summed E-state index contributed by atoms with van der Waals surface area (Å²) in [7, 11) is 1.90. The minimum Gasteiger partial charge on any atom is -0.354 e. The zero-order valence-electron chi connectivity index (χ0n) is 11.2. The number of rotatable bonds is 4. The Morgan fingerprint density at radius 3 is 2.00 bits per heavy atom. The molecule has 1 aliphatic rings. The van der Waals surface area contributed by atoms with Gasteiger partial charge in [-0.25, -0.2) is 0 Å². The Balaban J connectivity index is 0.00000225. The molecule has 0 spiro atoms.